The smallest absolute Gasteiger partial charge is 0.307 e. The molecule has 3 rings (SSSR count). The third-order valence-corrected chi connectivity index (χ3v) is 4.41. The van der Waals surface area contributed by atoms with E-state index < -0.39 is 0 Å². The number of aromatic nitrogens is 2. The SMILES string of the molecule is CCOC(=O)CCN(Cc1nc(-c2ccccc2OCC)no1)CC1CC1. The highest BCUT2D eigenvalue weighted by Gasteiger charge is 2.26. The van der Waals surface area contributed by atoms with Crippen molar-refractivity contribution in [2.75, 3.05) is 26.3 Å². The molecule has 27 heavy (non-hydrogen) atoms. The van der Waals surface area contributed by atoms with Crippen molar-refractivity contribution in [3.63, 3.8) is 0 Å². The predicted molar refractivity (Wildman–Crippen MR) is 100 cm³/mol. The van der Waals surface area contributed by atoms with Crippen LogP contribution >= 0.6 is 0 Å². The minimum atomic E-state index is -0.171. The summed E-state index contributed by atoms with van der Waals surface area (Å²) in [6.45, 7) is 6.84. The molecule has 1 aromatic heterocycles. The molecule has 1 heterocycles. The van der Waals surface area contributed by atoms with Gasteiger partial charge in [0.15, 0.2) is 0 Å². The van der Waals surface area contributed by atoms with Gasteiger partial charge < -0.3 is 14.0 Å². The van der Waals surface area contributed by atoms with E-state index in [1.54, 1.807) is 0 Å². The lowest BCUT2D eigenvalue weighted by Crippen LogP contribution is -2.28. The largest absolute Gasteiger partial charge is 0.493 e. The summed E-state index contributed by atoms with van der Waals surface area (Å²) >= 11 is 0. The van der Waals surface area contributed by atoms with Crippen molar-refractivity contribution in [1.82, 2.24) is 15.0 Å². The van der Waals surface area contributed by atoms with Crippen LogP contribution < -0.4 is 4.74 Å². The highest BCUT2D eigenvalue weighted by molar-refractivity contribution is 5.69. The summed E-state index contributed by atoms with van der Waals surface area (Å²) < 4.78 is 16.1. The number of nitrogens with zero attached hydrogens (tertiary/aromatic N) is 3. The first kappa shape index (κ1) is 19.4. The standard InChI is InChI=1S/C20H27N3O4/c1-3-25-17-8-6-5-7-16(17)20-21-18(27-22-20)14-23(13-15-9-10-15)12-11-19(24)26-4-2/h5-8,15H,3-4,9-14H2,1-2H3. The van der Waals surface area contributed by atoms with Gasteiger partial charge in [-0.25, -0.2) is 0 Å². The fourth-order valence-corrected chi connectivity index (χ4v) is 2.94. The second kappa shape index (κ2) is 9.50. The van der Waals surface area contributed by atoms with Crippen molar-refractivity contribution in [1.29, 1.82) is 0 Å². The van der Waals surface area contributed by atoms with Gasteiger partial charge >= 0.3 is 5.97 Å². The van der Waals surface area contributed by atoms with Crippen LogP contribution in [0, 0.1) is 5.92 Å². The monoisotopic (exact) mass is 373 g/mol. The van der Waals surface area contributed by atoms with Gasteiger partial charge in [0.05, 0.1) is 31.7 Å². The summed E-state index contributed by atoms with van der Waals surface area (Å²) in [5, 5.41) is 4.12. The summed E-state index contributed by atoms with van der Waals surface area (Å²) in [5.41, 5.74) is 0.814. The normalized spacial score (nSPS) is 13.7. The number of carbonyl (C=O) groups excluding carboxylic acids is 1. The molecule has 146 valence electrons. The van der Waals surface area contributed by atoms with Crippen LogP contribution in [0.4, 0.5) is 0 Å². The summed E-state index contributed by atoms with van der Waals surface area (Å²) in [4.78, 5) is 18.4. The van der Waals surface area contributed by atoms with Crippen molar-refractivity contribution >= 4 is 5.97 Å². The van der Waals surface area contributed by atoms with Gasteiger partial charge in [0, 0.05) is 13.1 Å². The molecule has 0 aliphatic heterocycles. The Kier molecular flexibility index (Phi) is 6.81. The maximum absolute atomic E-state index is 11.7. The molecular formula is C20H27N3O4. The fraction of sp³-hybridized carbons (Fsp3) is 0.550. The van der Waals surface area contributed by atoms with Crippen LogP contribution in [0.15, 0.2) is 28.8 Å². The average Bonchev–Trinajstić information content (AvgIpc) is 3.36. The molecule has 0 unspecified atom stereocenters. The molecule has 0 N–H and O–H groups in total. The number of benzene rings is 1. The van der Waals surface area contributed by atoms with Crippen LogP contribution in [0.25, 0.3) is 11.4 Å². The number of para-hydroxylation sites is 1. The lowest BCUT2D eigenvalue weighted by molar-refractivity contribution is -0.143. The highest BCUT2D eigenvalue weighted by atomic mass is 16.5. The van der Waals surface area contributed by atoms with E-state index in [9.17, 15) is 4.79 Å². The molecular weight excluding hydrogens is 346 g/mol. The molecule has 0 spiro atoms. The molecule has 7 heteroatoms. The quantitative estimate of drug-likeness (QED) is 0.559. The van der Waals surface area contributed by atoms with Gasteiger partial charge in [-0.15, -0.1) is 0 Å². The van der Waals surface area contributed by atoms with Crippen molar-refractivity contribution in [3.8, 4) is 17.1 Å². The van der Waals surface area contributed by atoms with Crippen LogP contribution in [0.5, 0.6) is 5.75 Å². The number of rotatable bonds is 11. The van der Waals surface area contributed by atoms with Crippen LogP contribution in [-0.2, 0) is 16.1 Å². The highest BCUT2D eigenvalue weighted by Crippen LogP contribution is 2.31. The summed E-state index contributed by atoms with van der Waals surface area (Å²) in [5.74, 6) is 2.33. The maximum Gasteiger partial charge on any atom is 0.307 e. The van der Waals surface area contributed by atoms with Crippen molar-refractivity contribution < 1.29 is 18.8 Å². The first-order valence-electron chi connectivity index (χ1n) is 9.62. The van der Waals surface area contributed by atoms with E-state index in [4.69, 9.17) is 14.0 Å². The van der Waals surface area contributed by atoms with E-state index in [1.807, 2.05) is 38.1 Å². The minimum absolute atomic E-state index is 0.171. The molecule has 0 radical (unpaired) electrons. The molecule has 1 aliphatic rings. The number of carbonyl (C=O) groups is 1. The summed E-state index contributed by atoms with van der Waals surface area (Å²) in [6.07, 6.45) is 2.86. The fourth-order valence-electron chi connectivity index (χ4n) is 2.94. The third-order valence-electron chi connectivity index (χ3n) is 4.41. The second-order valence-corrected chi connectivity index (χ2v) is 6.67. The topological polar surface area (TPSA) is 77.7 Å². The van der Waals surface area contributed by atoms with Crippen LogP contribution in [0.3, 0.4) is 0 Å². The van der Waals surface area contributed by atoms with Crippen molar-refractivity contribution in [2.45, 2.75) is 39.7 Å². The van der Waals surface area contributed by atoms with E-state index in [0.717, 1.165) is 17.9 Å². The Bertz CT molecular complexity index is 742. The van der Waals surface area contributed by atoms with E-state index >= 15 is 0 Å². The first-order chi connectivity index (χ1) is 13.2. The molecule has 0 amide bonds. The lowest BCUT2D eigenvalue weighted by atomic mass is 10.2. The summed E-state index contributed by atoms with van der Waals surface area (Å²) in [6, 6.07) is 7.66. The molecule has 2 aromatic rings. The number of hydrogen-bond donors (Lipinski definition) is 0. The Morgan fingerprint density at radius 3 is 2.81 bits per heavy atom. The van der Waals surface area contributed by atoms with Gasteiger partial charge in [-0.05, 0) is 44.7 Å². The Labute approximate surface area is 159 Å². The average molecular weight is 373 g/mol. The van der Waals surface area contributed by atoms with Gasteiger partial charge in [0.1, 0.15) is 5.75 Å². The van der Waals surface area contributed by atoms with Crippen LogP contribution in [0.1, 0.15) is 39.0 Å². The zero-order chi connectivity index (χ0) is 19.1. The van der Waals surface area contributed by atoms with Gasteiger partial charge in [0.2, 0.25) is 11.7 Å². The zero-order valence-corrected chi connectivity index (χ0v) is 16.0. The predicted octanol–water partition coefficient (Wildman–Crippen LogP) is 3.30. The Morgan fingerprint density at radius 1 is 1.26 bits per heavy atom. The Balaban J connectivity index is 1.65. The first-order valence-corrected chi connectivity index (χ1v) is 9.62. The molecule has 7 nitrogen and oxygen atoms in total. The lowest BCUT2D eigenvalue weighted by Gasteiger charge is -2.19. The molecule has 0 atom stereocenters. The molecule has 1 aromatic carbocycles. The van der Waals surface area contributed by atoms with Gasteiger partial charge in [-0.2, -0.15) is 4.98 Å². The minimum Gasteiger partial charge on any atom is -0.493 e. The zero-order valence-electron chi connectivity index (χ0n) is 16.0. The molecule has 1 aliphatic carbocycles. The number of esters is 1. The third kappa shape index (κ3) is 5.79. The van der Waals surface area contributed by atoms with Crippen molar-refractivity contribution in [2.24, 2.45) is 5.92 Å². The molecule has 0 saturated heterocycles. The molecule has 1 saturated carbocycles. The van der Waals surface area contributed by atoms with Gasteiger partial charge in [-0.1, -0.05) is 17.3 Å². The molecule has 0 bridgehead atoms. The van der Waals surface area contributed by atoms with Gasteiger partial charge in [0.25, 0.3) is 0 Å². The second-order valence-electron chi connectivity index (χ2n) is 6.67. The molecule has 1 fully saturated rings. The van der Waals surface area contributed by atoms with Crippen LogP contribution in [-0.4, -0.2) is 47.3 Å². The van der Waals surface area contributed by atoms with E-state index in [1.165, 1.54) is 12.8 Å². The van der Waals surface area contributed by atoms with Gasteiger partial charge in [-0.3, -0.25) is 9.69 Å². The van der Waals surface area contributed by atoms with E-state index in [-0.39, 0.29) is 5.97 Å². The Morgan fingerprint density at radius 2 is 2.07 bits per heavy atom. The van der Waals surface area contributed by atoms with E-state index in [2.05, 4.69) is 15.0 Å². The van der Waals surface area contributed by atoms with Crippen molar-refractivity contribution in [3.05, 3.63) is 30.2 Å². The summed E-state index contributed by atoms with van der Waals surface area (Å²) in [7, 11) is 0. The Hall–Kier alpha value is -2.41. The number of hydrogen-bond acceptors (Lipinski definition) is 7. The number of ether oxygens (including phenoxy) is 2. The van der Waals surface area contributed by atoms with E-state index in [0.29, 0.717) is 50.4 Å². The maximum atomic E-state index is 11.7. The van der Waals surface area contributed by atoms with Crippen LogP contribution in [0.2, 0.25) is 0 Å².